The molecule has 0 bridgehead atoms. The Morgan fingerprint density at radius 2 is 1.55 bits per heavy atom. The van der Waals surface area contributed by atoms with Gasteiger partial charge in [-0.15, -0.1) is 11.8 Å². The van der Waals surface area contributed by atoms with Crippen molar-refractivity contribution in [3.63, 3.8) is 0 Å². The molecule has 1 amide bonds. The number of thioether (sulfide) groups is 1. The molecule has 3 rings (SSSR count). The van der Waals surface area contributed by atoms with Gasteiger partial charge in [-0.1, -0.05) is 46.8 Å². The molecule has 0 spiro atoms. The molecule has 0 saturated carbocycles. The second-order valence-electron chi connectivity index (χ2n) is 8.69. The van der Waals surface area contributed by atoms with Gasteiger partial charge in [-0.3, -0.25) is 13.9 Å². The Labute approximate surface area is 176 Å². The third-order valence-electron chi connectivity index (χ3n) is 5.00. The number of rotatable bonds is 4. The summed E-state index contributed by atoms with van der Waals surface area (Å²) < 4.78 is 3.24. The lowest BCUT2D eigenvalue weighted by Crippen LogP contribution is -2.19. The van der Waals surface area contributed by atoms with Crippen LogP contribution in [0.4, 0.5) is 5.69 Å². The fourth-order valence-corrected chi connectivity index (χ4v) is 4.22. The predicted molar refractivity (Wildman–Crippen MR) is 122 cm³/mol. The van der Waals surface area contributed by atoms with Crippen molar-refractivity contribution in [1.82, 2.24) is 9.13 Å². The van der Waals surface area contributed by atoms with Gasteiger partial charge in [0.05, 0.1) is 16.7 Å². The van der Waals surface area contributed by atoms with E-state index in [9.17, 15) is 9.59 Å². The van der Waals surface area contributed by atoms with E-state index in [1.54, 1.807) is 35.0 Å². The van der Waals surface area contributed by atoms with Gasteiger partial charge in [0.25, 0.3) is 5.91 Å². The molecule has 0 aliphatic carbocycles. The van der Waals surface area contributed by atoms with Gasteiger partial charge < -0.3 is 5.32 Å². The second kappa shape index (κ2) is 7.75. The van der Waals surface area contributed by atoms with Crippen LogP contribution in [-0.2, 0) is 19.5 Å². The van der Waals surface area contributed by atoms with Crippen LogP contribution in [0.15, 0.2) is 46.1 Å². The van der Waals surface area contributed by atoms with Gasteiger partial charge in [-0.05, 0) is 35.2 Å². The Morgan fingerprint density at radius 1 is 1.00 bits per heavy atom. The van der Waals surface area contributed by atoms with E-state index in [0.717, 1.165) is 21.6 Å². The number of carbonyl (C=O) groups excluding carboxylic acids is 1. The number of nitrogens with zero attached hydrogens (tertiary/aromatic N) is 2. The molecule has 3 aromatic rings. The smallest absolute Gasteiger partial charge is 0.321 e. The molecule has 29 heavy (non-hydrogen) atoms. The van der Waals surface area contributed by atoms with E-state index in [1.807, 2.05) is 36.4 Å². The van der Waals surface area contributed by atoms with Crippen LogP contribution in [-0.4, -0.2) is 20.3 Å². The largest absolute Gasteiger partial charge is 0.328 e. The lowest BCUT2D eigenvalue weighted by atomic mass is 9.87. The van der Waals surface area contributed by atoms with Crippen LogP contribution < -0.4 is 11.0 Å². The van der Waals surface area contributed by atoms with Crippen molar-refractivity contribution in [2.75, 3.05) is 5.32 Å². The minimum Gasteiger partial charge on any atom is -0.321 e. The summed E-state index contributed by atoms with van der Waals surface area (Å²) in [5, 5.41) is 3.40. The molecule has 0 aliphatic rings. The first-order valence-electron chi connectivity index (χ1n) is 9.77. The lowest BCUT2D eigenvalue weighted by molar-refractivity contribution is 0.102. The van der Waals surface area contributed by atoms with Gasteiger partial charge in [0, 0.05) is 29.8 Å². The summed E-state index contributed by atoms with van der Waals surface area (Å²) in [6, 6.07) is 11.6. The summed E-state index contributed by atoms with van der Waals surface area (Å²) in [7, 11) is 3.51. The van der Waals surface area contributed by atoms with Crippen molar-refractivity contribution < 1.29 is 4.79 Å². The minimum absolute atomic E-state index is 0.0409. The molecule has 0 unspecified atom stereocenters. The van der Waals surface area contributed by atoms with E-state index < -0.39 is 0 Å². The Hall–Kier alpha value is -2.47. The molecule has 1 heterocycles. The van der Waals surface area contributed by atoms with Crippen LogP contribution >= 0.6 is 11.8 Å². The van der Waals surface area contributed by atoms with Crippen LogP contribution in [0, 0.1) is 0 Å². The molecule has 0 aliphatic heterocycles. The van der Waals surface area contributed by atoms with Crippen LogP contribution in [0.5, 0.6) is 0 Å². The maximum absolute atomic E-state index is 12.9. The topological polar surface area (TPSA) is 56.0 Å². The Balaban J connectivity index is 2.00. The Kier molecular flexibility index (Phi) is 5.68. The average Bonchev–Trinajstić information content (AvgIpc) is 2.85. The van der Waals surface area contributed by atoms with Crippen molar-refractivity contribution >= 4 is 34.4 Å². The first-order chi connectivity index (χ1) is 13.5. The number of anilines is 1. The van der Waals surface area contributed by atoms with E-state index in [-0.39, 0.29) is 17.0 Å². The monoisotopic (exact) mass is 411 g/mol. The van der Waals surface area contributed by atoms with Gasteiger partial charge >= 0.3 is 5.69 Å². The van der Waals surface area contributed by atoms with Crippen LogP contribution in [0.25, 0.3) is 11.0 Å². The highest BCUT2D eigenvalue weighted by molar-refractivity contribution is 8.00. The summed E-state index contributed by atoms with van der Waals surface area (Å²) >= 11 is 1.67. The van der Waals surface area contributed by atoms with Gasteiger partial charge in [-0.25, -0.2) is 4.79 Å². The number of aromatic nitrogens is 2. The summed E-state index contributed by atoms with van der Waals surface area (Å²) in [6.07, 6.45) is 0. The number of carbonyl (C=O) groups is 1. The van der Waals surface area contributed by atoms with Gasteiger partial charge in [0.15, 0.2) is 0 Å². The van der Waals surface area contributed by atoms with Crippen molar-refractivity contribution in [3.05, 3.63) is 58.0 Å². The highest BCUT2D eigenvalue weighted by Gasteiger charge is 2.17. The quantitative estimate of drug-likeness (QED) is 0.620. The fourth-order valence-electron chi connectivity index (χ4n) is 3.29. The summed E-state index contributed by atoms with van der Waals surface area (Å²) in [5.41, 5.74) is 4.13. The van der Waals surface area contributed by atoms with Crippen molar-refractivity contribution in [2.24, 2.45) is 14.1 Å². The number of hydrogen-bond acceptors (Lipinski definition) is 3. The molecule has 1 aromatic heterocycles. The van der Waals surface area contributed by atoms with E-state index in [4.69, 9.17) is 0 Å². The van der Waals surface area contributed by atoms with Crippen LogP contribution in [0.3, 0.4) is 0 Å². The van der Waals surface area contributed by atoms with Gasteiger partial charge in [0.2, 0.25) is 0 Å². The fraction of sp³-hybridized carbons (Fsp3) is 0.391. The maximum Gasteiger partial charge on any atom is 0.328 e. The third-order valence-corrected chi connectivity index (χ3v) is 6.06. The molecular formula is C23H29N3O2S. The molecule has 5 nitrogen and oxygen atoms in total. The zero-order valence-corrected chi connectivity index (χ0v) is 19.0. The highest BCUT2D eigenvalue weighted by Crippen LogP contribution is 2.34. The zero-order valence-electron chi connectivity index (χ0n) is 18.2. The third kappa shape index (κ3) is 4.27. The van der Waals surface area contributed by atoms with E-state index >= 15 is 0 Å². The van der Waals surface area contributed by atoms with Gasteiger partial charge in [-0.2, -0.15) is 0 Å². The molecule has 0 saturated heterocycles. The zero-order chi connectivity index (χ0) is 21.5. The molecule has 2 aromatic carbocycles. The summed E-state index contributed by atoms with van der Waals surface area (Å²) in [5.74, 6) is -0.156. The summed E-state index contributed by atoms with van der Waals surface area (Å²) in [4.78, 5) is 26.2. The highest BCUT2D eigenvalue weighted by atomic mass is 32.2. The minimum atomic E-state index is -0.156. The SMILES string of the molecule is CC(C)Sc1cc2c(cc1NC(=O)c1ccc(C(C)(C)C)cc1)n(C)c(=O)n2C. The van der Waals surface area contributed by atoms with E-state index in [1.165, 1.54) is 5.56 Å². The normalized spacial score (nSPS) is 12.0. The van der Waals surface area contributed by atoms with E-state index in [2.05, 4.69) is 39.9 Å². The first kappa shape index (κ1) is 21.2. The Bertz CT molecular complexity index is 1120. The van der Waals surface area contributed by atoms with Crippen molar-refractivity contribution in [1.29, 1.82) is 0 Å². The Morgan fingerprint density at radius 3 is 2.07 bits per heavy atom. The molecule has 0 radical (unpaired) electrons. The number of nitrogens with one attached hydrogen (secondary N) is 1. The number of fused-ring (bicyclic) bond motifs is 1. The second-order valence-corrected chi connectivity index (χ2v) is 10.3. The number of hydrogen-bond donors (Lipinski definition) is 1. The first-order valence-corrected chi connectivity index (χ1v) is 10.6. The molecule has 154 valence electrons. The van der Waals surface area contributed by atoms with Gasteiger partial charge in [0.1, 0.15) is 0 Å². The lowest BCUT2D eigenvalue weighted by Gasteiger charge is -2.19. The van der Waals surface area contributed by atoms with Crippen LogP contribution in [0.1, 0.15) is 50.5 Å². The predicted octanol–water partition coefficient (Wildman–Crippen LogP) is 4.93. The number of amides is 1. The standard InChI is InChI=1S/C23H29N3O2S/c1-14(2)29-20-13-19-18(25(6)22(28)26(19)7)12-17(20)24-21(27)15-8-10-16(11-9-15)23(3,4)5/h8-14H,1-7H3,(H,24,27). The summed E-state index contributed by atoms with van der Waals surface area (Å²) in [6.45, 7) is 10.7. The number of aryl methyl sites for hydroxylation is 2. The van der Waals surface area contributed by atoms with Crippen molar-refractivity contribution in [3.8, 4) is 0 Å². The maximum atomic E-state index is 12.9. The molecule has 6 heteroatoms. The van der Waals surface area contributed by atoms with Crippen molar-refractivity contribution in [2.45, 2.75) is 50.2 Å². The average molecular weight is 412 g/mol. The molecule has 0 fully saturated rings. The molecule has 0 atom stereocenters. The number of imidazole rings is 1. The van der Waals surface area contributed by atoms with Crippen LogP contribution in [0.2, 0.25) is 0 Å². The van der Waals surface area contributed by atoms with E-state index in [0.29, 0.717) is 10.8 Å². The molecule has 1 N–H and O–H groups in total. The molecular weight excluding hydrogens is 382 g/mol. The number of benzene rings is 2.